The molecule has 0 radical (unpaired) electrons. The third-order valence-corrected chi connectivity index (χ3v) is 2.14. The molecule has 2 aromatic rings. The molecule has 0 saturated carbocycles. The van der Waals surface area contributed by atoms with Crippen LogP contribution in [-0.4, -0.2) is 9.97 Å². The molecule has 76 valence electrons. The molecule has 15 heavy (non-hydrogen) atoms. The Kier molecular flexibility index (Phi) is 2.93. The lowest BCUT2D eigenvalue weighted by atomic mass is 10.3. The molecule has 0 spiro atoms. The van der Waals surface area contributed by atoms with Gasteiger partial charge in [-0.25, -0.2) is 9.97 Å². The summed E-state index contributed by atoms with van der Waals surface area (Å²) >= 11 is 0. The summed E-state index contributed by atoms with van der Waals surface area (Å²) in [5.41, 5.74) is 2.15. The molecule has 0 saturated heterocycles. The van der Waals surface area contributed by atoms with Crippen LogP contribution in [0, 0.1) is 0 Å². The number of aryl methyl sites for hydroxylation is 1. The Morgan fingerprint density at radius 3 is 2.33 bits per heavy atom. The average Bonchev–Trinajstić information content (AvgIpc) is 2.31. The highest BCUT2D eigenvalue weighted by molar-refractivity contribution is 5.52. The molecule has 0 unspecified atom stereocenters. The number of hydrogen-bond acceptors (Lipinski definition) is 3. The van der Waals surface area contributed by atoms with Crippen molar-refractivity contribution in [2.24, 2.45) is 0 Å². The Morgan fingerprint density at radius 1 is 1.07 bits per heavy atom. The Bertz CT molecular complexity index is 409. The van der Waals surface area contributed by atoms with Crippen LogP contribution < -0.4 is 5.32 Å². The van der Waals surface area contributed by atoms with E-state index in [2.05, 4.69) is 22.2 Å². The lowest BCUT2D eigenvalue weighted by Gasteiger charge is -2.04. The van der Waals surface area contributed by atoms with Crippen molar-refractivity contribution in [2.45, 2.75) is 13.3 Å². The minimum absolute atomic E-state index is 0.637. The highest BCUT2D eigenvalue weighted by Gasteiger charge is 1.96. The lowest BCUT2D eigenvalue weighted by Crippen LogP contribution is -1.97. The monoisotopic (exact) mass is 199 g/mol. The summed E-state index contributed by atoms with van der Waals surface area (Å²) < 4.78 is 0. The highest BCUT2D eigenvalue weighted by Crippen LogP contribution is 2.11. The largest absolute Gasteiger partial charge is 0.324 e. The van der Waals surface area contributed by atoms with E-state index < -0.39 is 0 Å². The fourth-order valence-corrected chi connectivity index (χ4v) is 1.25. The number of anilines is 2. The minimum Gasteiger partial charge on any atom is -0.324 e. The summed E-state index contributed by atoms with van der Waals surface area (Å²) in [5.74, 6) is 0.637. The van der Waals surface area contributed by atoms with E-state index in [4.69, 9.17) is 0 Å². The molecule has 0 bridgehead atoms. The second kappa shape index (κ2) is 4.55. The van der Waals surface area contributed by atoms with Gasteiger partial charge in [-0.3, -0.25) is 0 Å². The minimum atomic E-state index is 0.637. The topological polar surface area (TPSA) is 37.8 Å². The highest BCUT2D eigenvalue weighted by atomic mass is 15.1. The van der Waals surface area contributed by atoms with Crippen LogP contribution in [-0.2, 0) is 6.42 Å². The van der Waals surface area contributed by atoms with E-state index in [0.717, 1.165) is 17.7 Å². The van der Waals surface area contributed by atoms with Gasteiger partial charge >= 0.3 is 0 Å². The van der Waals surface area contributed by atoms with Crippen molar-refractivity contribution in [1.29, 1.82) is 0 Å². The first-order chi connectivity index (χ1) is 7.38. The van der Waals surface area contributed by atoms with E-state index in [-0.39, 0.29) is 0 Å². The van der Waals surface area contributed by atoms with Crippen LogP contribution in [0.2, 0.25) is 0 Å². The van der Waals surface area contributed by atoms with E-state index in [9.17, 15) is 0 Å². The Morgan fingerprint density at radius 2 is 1.73 bits per heavy atom. The first-order valence-electron chi connectivity index (χ1n) is 5.01. The maximum absolute atomic E-state index is 4.22. The van der Waals surface area contributed by atoms with E-state index in [1.54, 1.807) is 0 Å². The van der Waals surface area contributed by atoms with E-state index in [1.165, 1.54) is 0 Å². The standard InChI is InChI=1S/C12H13N3/c1-2-10-8-13-12(14-9-10)15-11-6-4-3-5-7-11/h3-9H,2H2,1H3,(H,13,14,15). The maximum atomic E-state index is 4.22. The summed E-state index contributed by atoms with van der Waals surface area (Å²) in [6.45, 7) is 2.09. The molecule has 0 aliphatic rings. The van der Waals surface area contributed by atoms with Gasteiger partial charge in [0, 0.05) is 18.1 Å². The Balaban J connectivity index is 2.11. The van der Waals surface area contributed by atoms with Gasteiger partial charge in [0.05, 0.1) is 0 Å². The van der Waals surface area contributed by atoms with Gasteiger partial charge < -0.3 is 5.32 Å². The van der Waals surface area contributed by atoms with Crippen LogP contribution in [0.3, 0.4) is 0 Å². The summed E-state index contributed by atoms with van der Waals surface area (Å²) in [6.07, 6.45) is 4.65. The third kappa shape index (κ3) is 2.53. The number of para-hydroxylation sites is 1. The zero-order valence-corrected chi connectivity index (χ0v) is 8.64. The van der Waals surface area contributed by atoms with Crippen molar-refractivity contribution >= 4 is 11.6 Å². The molecule has 1 N–H and O–H groups in total. The third-order valence-electron chi connectivity index (χ3n) is 2.14. The first kappa shape index (κ1) is 9.65. The van der Waals surface area contributed by atoms with E-state index in [1.807, 2.05) is 42.7 Å². The predicted molar refractivity (Wildman–Crippen MR) is 61.1 cm³/mol. The molecular formula is C12H13N3. The van der Waals surface area contributed by atoms with Crippen molar-refractivity contribution in [1.82, 2.24) is 9.97 Å². The van der Waals surface area contributed by atoms with Gasteiger partial charge in [0.25, 0.3) is 0 Å². The molecule has 3 nitrogen and oxygen atoms in total. The Labute approximate surface area is 89.2 Å². The molecule has 1 aromatic carbocycles. The van der Waals surface area contributed by atoms with Crippen molar-refractivity contribution in [3.63, 3.8) is 0 Å². The SMILES string of the molecule is CCc1cnc(Nc2ccccc2)nc1. The van der Waals surface area contributed by atoms with Crippen LogP contribution in [0.15, 0.2) is 42.7 Å². The number of aromatic nitrogens is 2. The smallest absolute Gasteiger partial charge is 0.227 e. The maximum Gasteiger partial charge on any atom is 0.227 e. The fourth-order valence-electron chi connectivity index (χ4n) is 1.25. The van der Waals surface area contributed by atoms with Gasteiger partial charge in [0.1, 0.15) is 0 Å². The molecule has 0 aliphatic heterocycles. The van der Waals surface area contributed by atoms with Gasteiger partial charge in [-0.1, -0.05) is 25.1 Å². The number of nitrogens with zero attached hydrogens (tertiary/aromatic N) is 2. The lowest BCUT2D eigenvalue weighted by molar-refractivity contribution is 1.05. The average molecular weight is 199 g/mol. The number of benzene rings is 1. The zero-order valence-electron chi connectivity index (χ0n) is 8.64. The fraction of sp³-hybridized carbons (Fsp3) is 0.167. The van der Waals surface area contributed by atoms with Crippen molar-refractivity contribution < 1.29 is 0 Å². The van der Waals surface area contributed by atoms with Crippen LogP contribution in [0.25, 0.3) is 0 Å². The summed E-state index contributed by atoms with van der Waals surface area (Å²) in [6, 6.07) is 9.89. The van der Waals surface area contributed by atoms with E-state index in [0.29, 0.717) is 5.95 Å². The van der Waals surface area contributed by atoms with Crippen LogP contribution in [0.4, 0.5) is 11.6 Å². The summed E-state index contributed by atoms with van der Waals surface area (Å²) in [4.78, 5) is 8.45. The molecule has 0 atom stereocenters. The van der Waals surface area contributed by atoms with Crippen LogP contribution >= 0.6 is 0 Å². The van der Waals surface area contributed by atoms with Crippen molar-refractivity contribution in [2.75, 3.05) is 5.32 Å². The van der Waals surface area contributed by atoms with Crippen LogP contribution in [0.1, 0.15) is 12.5 Å². The molecule has 0 aliphatic carbocycles. The van der Waals surface area contributed by atoms with Gasteiger partial charge in [0.2, 0.25) is 5.95 Å². The Hall–Kier alpha value is -1.90. The number of hydrogen-bond donors (Lipinski definition) is 1. The molecule has 1 aromatic heterocycles. The van der Waals surface area contributed by atoms with Gasteiger partial charge in [-0.05, 0) is 24.1 Å². The molecule has 0 amide bonds. The van der Waals surface area contributed by atoms with Crippen molar-refractivity contribution in [3.05, 3.63) is 48.3 Å². The van der Waals surface area contributed by atoms with Gasteiger partial charge in [-0.15, -0.1) is 0 Å². The predicted octanol–water partition coefficient (Wildman–Crippen LogP) is 2.78. The number of rotatable bonds is 3. The number of nitrogens with one attached hydrogen (secondary N) is 1. The first-order valence-corrected chi connectivity index (χ1v) is 5.01. The second-order valence-corrected chi connectivity index (χ2v) is 3.26. The normalized spacial score (nSPS) is 9.93. The van der Waals surface area contributed by atoms with Gasteiger partial charge in [0.15, 0.2) is 0 Å². The summed E-state index contributed by atoms with van der Waals surface area (Å²) in [5, 5.41) is 3.13. The van der Waals surface area contributed by atoms with Gasteiger partial charge in [-0.2, -0.15) is 0 Å². The van der Waals surface area contributed by atoms with Crippen LogP contribution in [0.5, 0.6) is 0 Å². The molecule has 2 rings (SSSR count). The molecule has 3 heteroatoms. The molecule has 1 heterocycles. The molecular weight excluding hydrogens is 186 g/mol. The zero-order chi connectivity index (χ0) is 10.5. The van der Waals surface area contributed by atoms with Crippen molar-refractivity contribution in [3.8, 4) is 0 Å². The van der Waals surface area contributed by atoms with E-state index >= 15 is 0 Å². The quantitative estimate of drug-likeness (QED) is 0.826. The summed E-state index contributed by atoms with van der Waals surface area (Å²) in [7, 11) is 0. The second-order valence-electron chi connectivity index (χ2n) is 3.26. The molecule has 0 fully saturated rings.